The molecule has 0 saturated carbocycles. The van der Waals surface area contributed by atoms with Crippen molar-refractivity contribution in [2.24, 2.45) is 5.14 Å². The molecule has 0 fully saturated rings. The summed E-state index contributed by atoms with van der Waals surface area (Å²) in [7, 11) is -4.11. The van der Waals surface area contributed by atoms with Crippen LogP contribution in [0.1, 0.15) is 29.7 Å². The van der Waals surface area contributed by atoms with Crippen molar-refractivity contribution in [1.82, 2.24) is 9.97 Å². The molecule has 0 saturated heterocycles. The molecular weight excluding hydrogens is 470 g/mol. The Morgan fingerprint density at radius 3 is 2.69 bits per heavy atom. The number of ether oxygens (including phenoxy) is 1. The maximum atomic E-state index is 13.4. The highest BCUT2D eigenvalue weighted by Gasteiger charge is 2.23. The summed E-state index contributed by atoms with van der Waals surface area (Å²) in [6.07, 6.45) is 3.78. The van der Waals surface area contributed by atoms with Crippen LogP contribution in [0.3, 0.4) is 0 Å². The summed E-state index contributed by atoms with van der Waals surface area (Å²) in [4.78, 5) is 21.6. The van der Waals surface area contributed by atoms with Crippen molar-refractivity contribution in [2.75, 3.05) is 0 Å². The molecule has 4 heterocycles. The molecule has 0 bridgehead atoms. The summed E-state index contributed by atoms with van der Waals surface area (Å²) in [5.41, 5.74) is 3.80. The molecule has 0 aliphatic heterocycles. The topological polar surface area (TPSA) is 139 Å². The second-order valence-corrected chi connectivity index (χ2v) is 9.73. The molecular formula is C25H21N3O6S. The zero-order valence-electron chi connectivity index (χ0n) is 19.1. The lowest BCUT2D eigenvalue weighted by molar-refractivity contribution is 0.219. The second-order valence-electron chi connectivity index (χ2n) is 8.26. The van der Waals surface area contributed by atoms with Gasteiger partial charge in [-0.25, -0.2) is 18.5 Å². The van der Waals surface area contributed by atoms with E-state index in [0.717, 1.165) is 5.56 Å². The minimum Gasteiger partial charge on any atom is -0.483 e. The average molecular weight is 492 g/mol. The molecule has 0 unspecified atom stereocenters. The number of aryl methyl sites for hydroxylation is 1. The van der Waals surface area contributed by atoms with E-state index in [0.29, 0.717) is 44.5 Å². The van der Waals surface area contributed by atoms with Crippen LogP contribution < -0.4 is 15.3 Å². The largest absolute Gasteiger partial charge is 0.483 e. The fraction of sp³-hybridized carbons (Fsp3) is 0.160. The van der Waals surface area contributed by atoms with Crippen LogP contribution in [0.15, 0.2) is 73.7 Å². The van der Waals surface area contributed by atoms with Crippen LogP contribution in [0.2, 0.25) is 0 Å². The SMILES string of the molecule is Cc1cc([C@@H](C)Oc2cccnc2S(N)(=O)=O)c2oc(-c3cnc4ccoc4c3)c(C)c(=O)c2c1. The van der Waals surface area contributed by atoms with E-state index in [4.69, 9.17) is 18.7 Å². The van der Waals surface area contributed by atoms with E-state index in [-0.39, 0.29) is 16.2 Å². The van der Waals surface area contributed by atoms with Gasteiger partial charge in [-0.1, -0.05) is 0 Å². The number of fused-ring (bicyclic) bond motifs is 2. The lowest BCUT2D eigenvalue weighted by atomic mass is 10.00. The summed E-state index contributed by atoms with van der Waals surface area (Å²) >= 11 is 0. The summed E-state index contributed by atoms with van der Waals surface area (Å²) in [6, 6.07) is 10.1. The number of hydrogen-bond acceptors (Lipinski definition) is 8. The van der Waals surface area contributed by atoms with Crippen molar-refractivity contribution < 1.29 is 22.0 Å². The number of benzene rings is 1. The van der Waals surface area contributed by atoms with Crippen LogP contribution in [-0.2, 0) is 10.0 Å². The lowest BCUT2D eigenvalue weighted by Gasteiger charge is -2.19. The first-order valence-electron chi connectivity index (χ1n) is 10.7. The third kappa shape index (κ3) is 4.07. The van der Waals surface area contributed by atoms with Crippen LogP contribution >= 0.6 is 0 Å². The smallest absolute Gasteiger partial charge is 0.259 e. The van der Waals surface area contributed by atoms with Gasteiger partial charge in [0.15, 0.2) is 16.8 Å². The van der Waals surface area contributed by atoms with Crippen LogP contribution in [0.5, 0.6) is 5.75 Å². The maximum absolute atomic E-state index is 13.4. The van der Waals surface area contributed by atoms with E-state index < -0.39 is 16.1 Å². The molecule has 0 aliphatic rings. The Morgan fingerprint density at radius 1 is 1.11 bits per heavy atom. The van der Waals surface area contributed by atoms with Crippen LogP contribution in [0, 0.1) is 13.8 Å². The molecule has 0 radical (unpaired) electrons. The summed E-state index contributed by atoms with van der Waals surface area (Å²) < 4.78 is 41.6. The highest BCUT2D eigenvalue weighted by molar-refractivity contribution is 7.89. The van der Waals surface area contributed by atoms with Gasteiger partial charge in [0.1, 0.15) is 23.0 Å². The highest BCUT2D eigenvalue weighted by atomic mass is 32.2. The number of nitrogens with zero attached hydrogens (tertiary/aromatic N) is 2. The molecule has 9 nitrogen and oxygen atoms in total. The summed E-state index contributed by atoms with van der Waals surface area (Å²) in [5, 5.41) is 5.31. The monoisotopic (exact) mass is 491 g/mol. The van der Waals surface area contributed by atoms with Gasteiger partial charge in [-0.3, -0.25) is 9.78 Å². The van der Waals surface area contributed by atoms with E-state index in [1.165, 1.54) is 12.3 Å². The Kier molecular flexibility index (Phi) is 5.42. The van der Waals surface area contributed by atoms with Gasteiger partial charge in [0.2, 0.25) is 5.03 Å². The minimum absolute atomic E-state index is 0.000640. The highest BCUT2D eigenvalue weighted by Crippen LogP contribution is 2.34. The molecule has 178 valence electrons. The average Bonchev–Trinajstić information content (AvgIpc) is 3.29. The Labute approximate surface area is 200 Å². The molecule has 0 spiro atoms. The maximum Gasteiger partial charge on any atom is 0.259 e. The standard InChI is InChI=1S/C25H21N3O6S/c1-13-9-17(15(3)33-20-5-4-7-27-25(20)35(26,30)31)24-18(10-13)22(29)14(2)23(34-24)16-11-21-19(28-12-16)6-8-32-21/h4-12,15H,1-3H3,(H2,26,30,31)/t15-/m1/s1. The Morgan fingerprint density at radius 2 is 1.91 bits per heavy atom. The number of pyridine rings is 2. The molecule has 10 heteroatoms. The Bertz CT molecular complexity index is 1770. The number of hydrogen-bond donors (Lipinski definition) is 1. The van der Waals surface area contributed by atoms with E-state index in [2.05, 4.69) is 9.97 Å². The minimum atomic E-state index is -4.11. The van der Waals surface area contributed by atoms with Crippen LogP contribution in [0.25, 0.3) is 33.4 Å². The first-order chi connectivity index (χ1) is 16.6. The third-order valence-electron chi connectivity index (χ3n) is 5.70. The Hall–Kier alpha value is -4.02. The zero-order valence-corrected chi connectivity index (χ0v) is 19.9. The predicted molar refractivity (Wildman–Crippen MR) is 130 cm³/mol. The summed E-state index contributed by atoms with van der Waals surface area (Å²) in [6.45, 7) is 5.28. The summed E-state index contributed by atoms with van der Waals surface area (Å²) in [5.74, 6) is 0.358. The normalized spacial score (nSPS) is 12.8. The first-order valence-corrected chi connectivity index (χ1v) is 12.2. The molecule has 4 aromatic heterocycles. The van der Waals surface area contributed by atoms with E-state index in [1.807, 2.05) is 13.0 Å². The van der Waals surface area contributed by atoms with Crippen molar-refractivity contribution >= 4 is 32.1 Å². The predicted octanol–water partition coefficient (Wildman–Crippen LogP) is 4.40. The second kappa shape index (κ2) is 8.33. The van der Waals surface area contributed by atoms with Crippen LogP contribution in [-0.4, -0.2) is 18.4 Å². The molecule has 35 heavy (non-hydrogen) atoms. The fourth-order valence-electron chi connectivity index (χ4n) is 4.05. The van der Waals surface area contributed by atoms with Gasteiger partial charge in [0.25, 0.3) is 10.0 Å². The molecule has 5 rings (SSSR count). The van der Waals surface area contributed by atoms with Crippen molar-refractivity contribution in [2.45, 2.75) is 31.9 Å². The third-order valence-corrected chi connectivity index (χ3v) is 6.55. The lowest BCUT2D eigenvalue weighted by Crippen LogP contribution is -2.17. The van der Waals surface area contributed by atoms with E-state index >= 15 is 0 Å². The van der Waals surface area contributed by atoms with Gasteiger partial charge in [0.05, 0.1) is 11.6 Å². The molecule has 1 atom stereocenters. The van der Waals surface area contributed by atoms with Gasteiger partial charge in [-0.15, -0.1) is 0 Å². The number of aromatic nitrogens is 2. The zero-order chi connectivity index (χ0) is 24.9. The van der Waals surface area contributed by atoms with Crippen molar-refractivity contribution in [3.05, 3.63) is 82.0 Å². The van der Waals surface area contributed by atoms with Gasteiger partial charge in [-0.05, 0) is 56.7 Å². The van der Waals surface area contributed by atoms with E-state index in [9.17, 15) is 13.2 Å². The number of furan rings is 1. The van der Waals surface area contributed by atoms with Crippen molar-refractivity contribution in [3.8, 4) is 17.1 Å². The molecule has 2 N–H and O–H groups in total. The molecule has 0 amide bonds. The van der Waals surface area contributed by atoms with Gasteiger partial charge in [0, 0.05) is 35.2 Å². The first kappa shape index (κ1) is 22.8. The quantitative estimate of drug-likeness (QED) is 0.382. The molecule has 1 aromatic carbocycles. The number of rotatable bonds is 5. The van der Waals surface area contributed by atoms with Crippen molar-refractivity contribution in [3.63, 3.8) is 0 Å². The fourth-order valence-corrected chi connectivity index (χ4v) is 4.65. The van der Waals surface area contributed by atoms with Crippen molar-refractivity contribution in [1.29, 1.82) is 0 Å². The number of sulfonamides is 1. The number of nitrogens with two attached hydrogens (primary N) is 1. The Balaban J connectivity index is 1.68. The van der Waals surface area contributed by atoms with E-state index in [1.54, 1.807) is 50.6 Å². The number of primary sulfonamides is 1. The van der Waals surface area contributed by atoms with Gasteiger partial charge >= 0.3 is 0 Å². The molecule has 0 aliphatic carbocycles. The van der Waals surface area contributed by atoms with Crippen LogP contribution in [0.4, 0.5) is 0 Å². The molecule has 5 aromatic rings. The van der Waals surface area contributed by atoms with Gasteiger partial charge in [-0.2, -0.15) is 0 Å². The van der Waals surface area contributed by atoms with Gasteiger partial charge < -0.3 is 13.6 Å².